The number of phenolic OH excluding ortho intramolecular Hbond substituents is 1. The van der Waals surface area contributed by atoms with E-state index in [1.165, 1.54) is 0 Å². The first-order valence-electron chi connectivity index (χ1n) is 14.6. The molecule has 2 aromatic heterocycles. The number of pyridine rings is 1. The summed E-state index contributed by atoms with van der Waals surface area (Å²) in [4.78, 5) is 19.2. The number of anilines is 1. The molecular weight excluding hydrogens is 543 g/mol. The minimum Gasteiger partial charge on any atom is -0.508 e. The minimum absolute atomic E-state index is 0.146. The fourth-order valence-corrected chi connectivity index (χ4v) is 7.83. The molecule has 4 aromatic rings. The van der Waals surface area contributed by atoms with Crippen LogP contribution in [0.1, 0.15) is 32.1 Å². The van der Waals surface area contributed by atoms with E-state index >= 15 is 0 Å². The van der Waals surface area contributed by atoms with Crippen LogP contribution in [0.15, 0.2) is 42.6 Å². The summed E-state index contributed by atoms with van der Waals surface area (Å²) < 4.78 is 20.9. The molecule has 2 bridgehead atoms. The Kier molecular flexibility index (Phi) is 5.98. The van der Waals surface area contributed by atoms with Gasteiger partial charge in [-0.3, -0.25) is 4.90 Å². The normalized spacial score (nSPS) is 27.7. The number of hydrogen-bond acceptors (Lipinski definition) is 8. The standard InChI is InChI=1S/C31H32ClFN6O2/c32-26-27-25(13-34-28(36-27)24-11-22(40)10-18-4-1-2-5-23(18)24)29(38-15-20-6-7-21(16-38)35-20)37-30(26)41-17-31-8-3-9-39(31)14-19(33)12-31/h1-2,4-5,10-11,13,19-21,35,40H,3,6-9,12,14-17H2/t19-,20?,21?,31+/m1/s1. The molecule has 2 unspecified atom stereocenters. The Labute approximate surface area is 242 Å². The third-order valence-electron chi connectivity index (χ3n) is 9.47. The average Bonchev–Trinajstić information content (AvgIpc) is 3.62. The third-order valence-corrected chi connectivity index (χ3v) is 9.82. The highest BCUT2D eigenvalue weighted by atomic mass is 35.5. The van der Waals surface area contributed by atoms with Crippen LogP contribution in [-0.4, -0.2) is 81.5 Å². The van der Waals surface area contributed by atoms with Gasteiger partial charge < -0.3 is 20.1 Å². The van der Waals surface area contributed by atoms with Crippen LogP contribution >= 0.6 is 11.6 Å². The monoisotopic (exact) mass is 574 g/mol. The molecule has 4 aliphatic heterocycles. The van der Waals surface area contributed by atoms with Crippen molar-refractivity contribution in [1.29, 1.82) is 0 Å². The summed E-state index contributed by atoms with van der Waals surface area (Å²) in [5.41, 5.74) is 0.968. The number of fused-ring (bicyclic) bond motifs is 5. The van der Waals surface area contributed by atoms with Gasteiger partial charge in [0.05, 0.1) is 10.9 Å². The molecule has 10 heteroatoms. The third kappa shape index (κ3) is 4.28. The van der Waals surface area contributed by atoms with Crippen LogP contribution in [0.3, 0.4) is 0 Å². The van der Waals surface area contributed by atoms with Crippen LogP contribution in [0, 0.1) is 0 Å². The van der Waals surface area contributed by atoms with Gasteiger partial charge in [0.2, 0.25) is 5.88 Å². The van der Waals surface area contributed by atoms with E-state index < -0.39 is 6.17 Å². The lowest BCUT2D eigenvalue weighted by atomic mass is 9.95. The Hall–Kier alpha value is -3.27. The summed E-state index contributed by atoms with van der Waals surface area (Å²) in [6.45, 7) is 3.37. The molecule has 6 heterocycles. The summed E-state index contributed by atoms with van der Waals surface area (Å²) in [7, 11) is 0. The maximum absolute atomic E-state index is 14.4. The zero-order chi connectivity index (χ0) is 27.7. The van der Waals surface area contributed by atoms with E-state index in [-0.39, 0.29) is 11.3 Å². The summed E-state index contributed by atoms with van der Waals surface area (Å²) in [6, 6.07) is 12.1. The molecule has 4 atom stereocenters. The van der Waals surface area contributed by atoms with Crippen LogP contribution in [0.4, 0.5) is 10.2 Å². The van der Waals surface area contributed by atoms with Gasteiger partial charge in [0.1, 0.15) is 34.9 Å². The summed E-state index contributed by atoms with van der Waals surface area (Å²) in [6.07, 6.45) is 5.66. The van der Waals surface area contributed by atoms with Gasteiger partial charge in [0, 0.05) is 49.9 Å². The Balaban J connectivity index is 1.24. The smallest absolute Gasteiger partial charge is 0.236 e. The summed E-state index contributed by atoms with van der Waals surface area (Å²) >= 11 is 7.04. The van der Waals surface area contributed by atoms with Crippen molar-refractivity contribution < 1.29 is 14.2 Å². The molecule has 8 nitrogen and oxygen atoms in total. The highest BCUT2D eigenvalue weighted by Crippen LogP contribution is 2.43. The van der Waals surface area contributed by atoms with Crippen molar-refractivity contribution >= 4 is 39.1 Å². The van der Waals surface area contributed by atoms with Crippen molar-refractivity contribution in [1.82, 2.24) is 25.2 Å². The first kappa shape index (κ1) is 25.4. The number of piperazine rings is 1. The van der Waals surface area contributed by atoms with Gasteiger partial charge in [0.25, 0.3) is 0 Å². The molecule has 4 saturated heterocycles. The van der Waals surface area contributed by atoms with Crippen LogP contribution in [0.25, 0.3) is 33.1 Å². The maximum atomic E-state index is 14.4. The number of hydrogen-bond donors (Lipinski definition) is 2. The fraction of sp³-hybridized carbons (Fsp3) is 0.452. The van der Waals surface area contributed by atoms with Crippen LogP contribution in [0.2, 0.25) is 5.02 Å². The molecule has 4 aliphatic rings. The Morgan fingerprint density at radius 1 is 1.10 bits per heavy atom. The van der Waals surface area contributed by atoms with Crippen LogP contribution < -0.4 is 15.0 Å². The number of benzene rings is 2. The quantitative estimate of drug-likeness (QED) is 0.340. The van der Waals surface area contributed by atoms with Crippen molar-refractivity contribution in [2.24, 2.45) is 0 Å². The SMILES string of the molecule is Oc1cc(-c2ncc3c(N4CC5CCC(C4)N5)nc(OC[C@@]45CCCN4C[C@H](F)C5)c(Cl)c3n2)c2ccccc2c1. The largest absolute Gasteiger partial charge is 0.508 e. The number of rotatable bonds is 5. The molecule has 4 fully saturated rings. The molecule has 0 saturated carbocycles. The van der Waals surface area contributed by atoms with E-state index in [4.69, 9.17) is 31.3 Å². The van der Waals surface area contributed by atoms with Crippen LogP contribution in [-0.2, 0) is 0 Å². The number of ether oxygens (including phenoxy) is 1. The second-order valence-electron chi connectivity index (χ2n) is 12.1. The fourth-order valence-electron chi connectivity index (χ4n) is 7.59. The van der Waals surface area contributed by atoms with E-state index in [1.54, 1.807) is 18.3 Å². The molecule has 212 valence electrons. The zero-order valence-corrected chi connectivity index (χ0v) is 23.4. The van der Waals surface area contributed by atoms with Gasteiger partial charge in [-0.1, -0.05) is 35.9 Å². The number of alkyl halides is 1. The molecule has 0 spiro atoms. The van der Waals surface area contributed by atoms with E-state index in [2.05, 4.69) is 15.1 Å². The first-order chi connectivity index (χ1) is 20.0. The van der Waals surface area contributed by atoms with E-state index in [0.717, 1.165) is 72.9 Å². The lowest BCUT2D eigenvalue weighted by Crippen LogP contribution is -2.51. The van der Waals surface area contributed by atoms with Crippen molar-refractivity contribution in [2.45, 2.75) is 55.9 Å². The second kappa shape index (κ2) is 9.64. The number of nitrogens with one attached hydrogen (secondary N) is 1. The minimum atomic E-state index is -0.835. The lowest BCUT2D eigenvalue weighted by Gasteiger charge is -2.35. The van der Waals surface area contributed by atoms with Crippen molar-refractivity contribution in [3.8, 4) is 23.0 Å². The first-order valence-corrected chi connectivity index (χ1v) is 14.9. The molecule has 2 aromatic carbocycles. The van der Waals surface area contributed by atoms with E-state index in [0.29, 0.717) is 53.9 Å². The van der Waals surface area contributed by atoms with Gasteiger partial charge in [-0.05, 0) is 55.1 Å². The highest BCUT2D eigenvalue weighted by molar-refractivity contribution is 6.36. The lowest BCUT2D eigenvalue weighted by molar-refractivity contribution is 0.111. The van der Waals surface area contributed by atoms with Gasteiger partial charge in [-0.15, -0.1) is 0 Å². The van der Waals surface area contributed by atoms with Crippen molar-refractivity contribution in [3.63, 3.8) is 0 Å². The molecule has 8 rings (SSSR count). The summed E-state index contributed by atoms with van der Waals surface area (Å²) in [5, 5.41) is 17.1. The maximum Gasteiger partial charge on any atom is 0.236 e. The number of halogens is 2. The summed E-state index contributed by atoms with van der Waals surface area (Å²) in [5.74, 6) is 1.70. The molecule has 0 radical (unpaired) electrons. The number of phenols is 1. The Morgan fingerprint density at radius 2 is 1.93 bits per heavy atom. The van der Waals surface area contributed by atoms with Gasteiger partial charge in [-0.25, -0.2) is 14.4 Å². The van der Waals surface area contributed by atoms with E-state index in [9.17, 15) is 9.50 Å². The zero-order valence-electron chi connectivity index (χ0n) is 22.7. The number of nitrogens with zero attached hydrogens (tertiary/aromatic N) is 5. The molecule has 41 heavy (non-hydrogen) atoms. The van der Waals surface area contributed by atoms with Crippen molar-refractivity contribution in [2.75, 3.05) is 37.7 Å². The highest BCUT2D eigenvalue weighted by Gasteiger charge is 2.49. The number of aromatic hydroxyl groups is 1. The van der Waals surface area contributed by atoms with E-state index in [1.807, 2.05) is 24.3 Å². The Morgan fingerprint density at radius 3 is 2.78 bits per heavy atom. The topological polar surface area (TPSA) is 86.6 Å². The molecule has 0 aliphatic carbocycles. The molecule has 0 amide bonds. The average molecular weight is 575 g/mol. The second-order valence-corrected chi connectivity index (χ2v) is 12.5. The predicted molar refractivity (Wildman–Crippen MR) is 158 cm³/mol. The number of aromatic nitrogens is 3. The molecular formula is C31H32ClFN6O2. The van der Waals surface area contributed by atoms with Gasteiger partial charge >= 0.3 is 0 Å². The molecule has 2 N–H and O–H groups in total. The Bertz CT molecular complexity index is 1660. The van der Waals surface area contributed by atoms with Crippen molar-refractivity contribution in [3.05, 3.63) is 47.6 Å². The van der Waals surface area contributed by atoms with Gasteiger partial charge in [0.15, 0.2) is 5.82 Å². The van der Waals surface area contributed by atoms with Gasteiger partial charge in [-0.2, -0.15) is 4.98 Å². The predicted octanol–water partition coefficient (Wildman–Crippen LogP) is 5.10. The van der Waals surface area contributed by atoms with Crippen LogP contribution in [0.5, 0.6) is 11.6 Å².